The summed E-state index contributed by atoms with van der Waals surface area (Å²) in [5.41, 5.74) is -0.704. The minimum atomic E-state index is -4.83. The van der Waals surface area contributed by atoms with Crippen LogP contribution in [0.3, 0.4) is 0 Å². The lowest BCUT2D eigenvalue weighted by molar-refractivity contribution is -0.139. The molecule has 0 saturated heterocycles. The van der Waals surface area contributed by atoms with Crippen molar-refractivity contribution in [1.29, 1.82) is 0 Å². The van der Waals surface area contributed by atoms with Crippen molar-refractivity contribution in [1.82, 2.24) is 10.2 Å². The highest BCUT2D eigenvalue weighted by molar-refractivity contribution is 7.92. The summed E-state index contributed by atoms with van der Waals surface area (Å²) < 4.78 is 65.9. The Balaban J connectivity index is 2.40. The first-order chi connectivity index (χ1) is 17.1. The van der Waals surface area contributed by atoms with Crippen LogP contribution in [0, 0.1) is 0 Å². The second-order valence-electron chi connectivity index (χ2n) is 8.75. The van der Waals surface area contributed by atoms with Crippen LogP contribution in [0.25, 0.3) is 0 Å². The maximum absolute atomic E-state index is 13.4. The molecule has 0 heterocycles. The molecule has 204 valence electrons. The summed E-state index contributed by atoms with van der Waals surface area (Å²) in [6.45, 7) is 4.51. The van der Waals surface area contributed by atoms with Crippen LogP contribution >= 0.6 is 11.6 Å². The fourth-order valence-electron chi connectivity index (χ4n) is 3.53. The summed E-state index contributed by atoms with van der Waals surface area (Å²) in [7, 11) is -4.18. The normalized spacial score (nSPS) is 13.5. The number of halogens is 4. The Labute approximate surface area is 220 Å². The van der Waals surface area contributed by atoms with E-state index >= 15 is 0 Å². The first kappa shape index (κ1) is 30.4. The van der Waals surface area contributed by atoms with Crippen LogP contribution in [0.1, 0.15) is 38.3 Å². The van der Waals surface area contributed by atoms with E-state index in [1.165, 1.54) is 11.8 Å². The number of benzene rings is 2. The molecule has 2 aromatic rings. The third kappa shape index (κ3) is 8.63. The Kier molecular flexibility index (Phi) is 10.4. The molecule has 0 aromatic heterocycles. The highest BCUT2D eigenvalue weighted by Crippen LogP contribution is 2.37. The third-order valence-corrected chi connectivity index (χ3v) is 7.35. The zero-order valence-electron chi connectivity index (χ0n) is 21.0. The molecule has 0 aliphatic rings. The van der Waals surface area contributed by atoms with Crippen LogP contribution in [0.2, 0.25) is 5.02 Å². The lowest BCUT2D eigenvalue weighted by Gasteiger charge is -2.32. The first-order valence-electron chi connectivity index (χ1n) is 11.6. The molecule has 0 spiro atoms. The summed E-state index contributed by atoms with van der Waals surface area (Å²) in [4.78, 5) is 27.5. The average Bonchev–Trinajstić information content (AvgIpc) is 2.82. The molecule has 2 unspecified atom stereocenters. The van der Waals surface area contributed by atoms with E-state index in [-0.39, 0.29) is 18.3 Å². The largest absolute Gasteiger partial charge is 0.417 e. The molecule has 0 bridgehead atoms. The SMILES string of the molecule is CCC(C)NC(=O)C(C)N(CCc1ccccc1)C(=O)CN(c1ccc(Cl)c(C(F)(F)F)c1)S(C)(=O)=O. The first-order valence-corrected chi connectivity index (χ1v) is 13.9. The quantitative estimate of drug-likeness (QED) is 0.438. The average molecular weight is 562 g/mol. The van der Waals surface area contributed by atoms with Crippen molar-refractivity contribution in [2.24, 2.45) is 0 Å². The molecule has 0 saturated carbocycles. The monoisotopic (exact) mass is 561 g/mol. The van der Waals surface area contributed by atoms with Gasteiger partial charge in [0.15, 0.2) is 0 Å². The molecular weight excluding hydrogens is 531 g/mol. The number of hydrogen-bond acceptors (Lipinski definition) is 4. The van der Waals surface area contributed by atoms with Gasteiger partial charge >= 0.3 is 6.18 Å². The summed E-state index contributed by atoms with van der Waals surface area (Å²) in [6, 6.07) is 10.7. The van der Waals surface area contributed by atoms with Gasteiger partial charge in [0.1, 0.15) is 12.6 Å². The fourth-order valence-corrected chi connectivity index (χ4v) is 4.60. The van der Waals surface area contributed by atoms with E-state index in [4.69, 9.17) is 11.6 Å². The van der Waals surface area contributed by atoms with Crippen molar-refractivity contribution >= 4 is 39.1 Å². The Hall–Kier alpha value is -2.79. The molecule has 0 aliphatic heterocycles. The number of sulfonamides is 1. The number of nitrogens with zero attached hydrogens (tertiary/aromatic N) is 2. The maximum atomic E-state index is 13.4. The Morgan fingerprint density at radius 1 is 1.08 bits per heavy atom. The molecular formula is C25H31ClF3N3O4S. The van der Waals surface area contributed by atoms with Crippen LogP contribution in [0.15, 0.2) is 48.5 Å². The highest BCUT2D eigenvalue weighted by atomic mass is 35.5. The number of rotatable bonds is 11. The molecule has 2 rings (SSSR count). The standard InChI is InChI=1S/C25H31ClF3N3O4S/c1-5-17(2)30-24(34)18(3)31(14-13-19-9-7-6-8-10-19)23(33)16-32(37(4,35)36)20-11-12-22(26)21(15-20)25(27,28)29/h6-12,15,17-18H,5,13-14,16H2,1-4H3,(H,30,34). The molecule has 2 amide bonds. The molecule has 12 heteroatoms. The Morgan fingerprint density at radius 3 is 2.24 bits per heavy atom. The van der Waals surface area contributed by atoms with Gasteiger partial charge in [0, 0.05) is 12.6 Å². The number of carbonyl (C=O) groups excluding carboxylic acids is 2. The van der Waals surface area contributed by atoms with Crippen molar-refractivity contribution in [2.45, 2.75) is 51.9 Å². The lowest BCUT2D eigenvalue weighted by atomic mass is 10.1. The number of anilines is 1. The van der Waals surface area contributed by atoms with Crippen LogP contribution < -0.4 is 9.62 Å². The van der Waals surface area contributed by atoms with Crippen LogP contribution in [-0.2, 0) is 32.2 Å². The van der Waals surface area contributed by atoms with Crippen molar-refractivity contribution in [3.05, 3.63) is 64.7 Å². The number of hydrogen-bond donors (Lipinski definition) is 1. The second-order valence-corrected chi connectivity index (χ2v) is 11.1. The maximum Gasteiger partial charge on any atom is 0.417 e. The van der Waals surface area contributed by atoms with Gasteiger partial charge in [-0.05, 0) is 50.5 Å². The van der Waals surface area contributed by atoms with Gasteiger partial charge in [-0.1, -0.05) is 48.9 Å². The van der Waals surface area contributed by atoms with E-state index in [2.05, 4.69) is 5.32 Å². The summed E-state index contributed by atoms with van der Waals surface area (Å²) in [5, 5.41) is 2.20. The van der Waals surface area contributed by atoms with E-state index < -0.39 is 51.2 Å². The van der Waals surface area contributed by atoms with Gasteiger partial charge in [0.2, 0.25) is 21.8 Å². The predicted octanol–water partition coefficient (Wildman–Crippen LogP) is 4.50. The van der Waals surface area contributed by atoms with Crippen molar-refractivity contribution < 1.29 is 31.2 Å². The van der Waals surface area contributed by atoms with Gasteiger partial charge in [-0.3, -0.25) is 13.9 Å². The summed E-state index contributed by atoms with van der Waals surface area (Å²) in [6.07, 6.45) is -3.00. The van der Waals surface area contributed by atoms with Crippen molar-refractivity contribution in [3.8, 4) is 0 Å². The number of alkyl halides is 3. The molecule has 37 heavy (non-hydrogen) atoms. The molecule has 0 radical (unpaired) electrons. The zero-order valence-corrected chi connectivity index (χ0v) is 22.6. The minimum absolute atomic E-state index is 0.0873. The topological polar surface area (TPSA) is 86.8 Å². The van der Waals surface area contributed by atoms with Crippen molar-refractivity contribution in [2.75, 3.05) is 23.7 Å². The molecule has 2 atom stereocenters. The predicted molar refractivity (Wildman–Crippen MR) is 138 cm³/mol. The fraction of sp³-hybridized carbons (Fsp3) is 0.440. The van der Waals surface area contributed by atoms with Gasteiger partial charge in [0.25, 0.3) is 0 Å². The molecule has 2 aromatic carbocycles. The van der Waals surface area contributed by atoms with E-state index in [1.807, 2.05) is 44.2 Å². The van der Waals surface area contributed by atoms with Crippen LogP contribution in [-0.4, -0.2) is 56.6 Å². The second kappa shape index (κ2) is 12.6. The van der Waals surface area contributed by atoms with E-state index in [9.17, 15) is 31.2 Å². The van der Waals surface area contributed by atoms with Crippen LogP contribution in [0.4, 0.5) is 18.9 Å². The molecule has 1 N–H and O–H groups in total. The Morgan fingerprint density at radius 2 is 1.70 bits per heavy atom. The van der Waals surface area contributed by atoms with E-state index in [1.54, 1.807) is 0 Å². The van der Waals surface area contributed by atoms with Crippen molar-refractivity contribution in [3.63, 3.8) is 0 Å². The minimum Gasteiger partial charge on any atom is -0.352 e. The highest BCUT2D eigenvalue weighted by Gasteiger charge is 2.35. The number of amides is 2. The summed E-state index contributed by atoms with van der Waals surface area (Å²) >= 11 is 5.68. The smallest absolute Gasteiger partial charge is 0.352 e. The van der Waals surface area contributed by atoms with Gasteiger partial charge in [0.05, 0.1) is 22.5 Å². The number of carbonyl (C=O) groups is 2. The van der Waals surface area contributed by atoms with Crippen LogP contribution in [0.5, 0.6) is 0 Å². The molecule has 0 fully saturated rings. The zero-order chi connectivity index (χ0) is 28.0. The van der Waals surface area contributed by atoms with E-state index in [0.717, 1.165) is 24.0 Å². The van der Waals surface area contributed by atoms with Gasteiger partial charge in [-0.2, -0.15) is 13.2 Å². The third-order valence-electron chi connectivity index (χ3n) is 5.88. The molecule has 0 aliphatic carbocycles. The molecule has 7 nitrogen and oxygen atoms in total. The van der Waals surface area contributed by atoms with E-state index in [0.29, 0.717) is 23.2 Å². The van der Waals surface area contributed by atoms with Gasteiger partial charge in [-0.15, -0.1) is 0 Å². The van der Waals surface area contributed by atoms with Gasteiger partial charge < -0.3 is 10.2 Å². The van der Waals surface area contributed by atoms with Gasteiger partial charge in [-0.25, -0.2) is 8.42 Å². The summed E-state index contributed by atoms with van der Waals surface area (Å²) in [5.74, 6) is -1.16. The lowest BCUT2D eigenvalue weighted by Crippen LogP contribution is -2.53. The Bertz CT molecular complexity index is 1190. The number of nitrogens with one attached hydrogen (secondary N) is 1.